The highest BCUT2D eigenvalue weighted by atomic mass is 14.1. The number of hydrogen-bond acceptors (Lipinski definition) is 0. The zero-order chi connectivity index (χ0) is 11.9. The van der Waals surface area contributed by atoms with Crippen LogP contribution >= 0.6 is 0 Å². The molecule has 2 aromatic rings. The highest BCUT2D eigenvalue weighted by Gasteiger charge is 2.08. The molecule has 0 unspecified atom stereocenters. The maximum absolute atomic E-state index is 3.73. The van der Waals surface area contributed by atoms with Crippen molar-refractivity contribution in [3.8, 4) is 0 Å². The van der Waals surface area contributed by atoms with Gasteiger partial charge in [0.15, 0.2) is 0 Å². The Labute approximate surface area is 103 Å². The van der Waals surface area contributed by atoms with Crippen LogP contribution in [-0.4, -0.2) is 0 Å². The Balaban J connectivity index is 2.39. The minimum Gasteiger partial charge on any atom is -0.0991 e. The molecule has 0 aromatic heterocycles. The van der Waals surface area contributed by atoms with Crippen LogP contribution in [-0.2, 0) is 0 Å². The standard InChI is InChI=1S/C17H16/c1-2-3-14-17(15-10-6-4-7-11-15)16-12-8-5-9-13-16/h2-14,17H,1H2. The van der Waals surface area contributed by atoms with Crippen molar-refractivity contribution in [2.75, 3.05) is 0 Å². The molecule has 0 nitrogen and oxygen atoms in total. The fraction of sp³-hybridized carbons (Fsp3) is 0.0588. The first kappa shape index (κ1) is 11.4. The van der Waals surface area contributed by atoms with E-state index in [0.717, 1.165) is 0 Å². The third-order valence-electron chi connectivity index (χ3n) is 2.76. The van der Waals surface area contributed by atoms with E-state index in [1.165, 1.54) is 11.1 Å². The lowest BCUT2D eigenvalue weighted by molar-refractivity contribution is 1.03. The number of rotatable bonds is 4. The van der Waals surface area contributed by atoms with Crippen molar-refractivity contribution in [3.05, 3.63) is 96.6 Å². The molecule has 0 aliphatic rings. The van der Waals surface area contributed by atoms with E-state index in [1.54, 1.807) is 0 Å². The van der Waals surface area contributed by atoms with Gasteiger partial charge >= 0.3 is 0 Å². The monoisotopic (exact) mass is 220 g/mol. The molecule has 0 aliphatic heterocycles. The van der Waals surface area contributed by atoms with Gasteiger partial charge in [0, 0.05) is 5.92 Å². The molecule has 84 valence electrons. The van der Waals surface area contributed by atoms with E-state index in [1.807, 2.05) is 24.3 Å². The predicted molar refractivity (Wildman–Crippen MR) is 74.1 cm³/mol. The van der Waals surface area contributed by atoms with E-state index < -0.39 is 0 Å². The van der Waals surface area contributed by atoms with Gasteiger partial charge in [-0.3, -0.25) is 0 Å². The summed E-state index contributed by atoms with van der Waals surface area (Å²) in [5, 5.41) is 0. The Morgan fingerprint density at radius 1 is 0.765 bits per heavy atom. The molecular formula is C17H16. The molecule has 0 radical (unpaired) electrons. The summed E-state index contributed by atoms with van der Waals surface area (Å²) in [6, 6.07) is 21.0. The summed E-state index contributed by atoms with van der Waals surface area (Å²) in [5.41, 5.74) is 2.61. The molecule has 0 heteroatoms. The van der Waals surface area contributed by atoms with Crippen molar-refractivity contribution in [3.63, 3.8) is 0 Å². The van der Waals surface area contributed by atoms with Crippen LogP contribution in [0, 0.1) is 0 Å². The van der Waals surface area contributed by atoms with Gasteiger partial charge in [-0.25, -0.2) is 0 Å². The molecule has 17 heavy (non-hydrogen) atoms. The second-order valence-electron chi connectivity index (χ2n) is 3.92. The first-order chi connectivity index (χ1) is 8.42. The van der Waals surface area contributed by atoms with Crippen LogP contribution in [0.5, 0.6) is 0 Å². The fourth-order valence-corrected chi connectivity index (χ4v) is 1.93. The molecule has 0 atom stereocenters. The zero-order valence-corrected chi connectivity index (χ0v) is 9.79. The van der Waals surface area contributed by atoms with E-state index in [2.05, 4.69) is 61.2 Å². The summed E-state index contributed by atoms with van der Waals surface area (Å²) < 4.78 is 0. The molecule has 0 N–H and O–H groups in total. The number of hydrogen-bond donors (Lipinski definition) is 0. The lowest BCUT2D eigenvalue weighted by Crippen LogP contribution is -1.96. The quantitative estimate of drug-likeness (QED) is 0.662. The van der Waals surface area contributed by atoms with Gasteiger partial charge in [0.1, 0.15) is 0 Å². The van der Waals surface area contributed by atoms with Crippen molar-refractivity contribution in [2.45, 2.75) is 5.92 Å². The lowest BCUT2D eigenvalue weighted by atomic mass is 9.91. The van der Waals surface area contributed by atoms with Gasteiger partial charge in [-0.15, -0.1) is 0 Å². The van der Waals surface area contributed by atoms with E-state index in [0.29, 0.717) is 5.92 Å². The summed E-state index contributed by atoms with van der Waals surface area (Å²) in [7, 11) is 0. The maximum Gasteiger partial charge on any atom is 0.0272 e. The molecule has 0 bridgehead atoms. The average Bonchev–Trinajstić information content (AvgIpc) is 2.42. The van der Waals surface area contributed by atoms with Gasteiger partial charge in [0.25, 0.3) is 0 Å². The van der Waals surface area contributed by atoms with Crippen molar-refractivity contribution in [2.24, 2.45) is 0 Å². The second-order valence-corrected chi connectivity index (χ2v) is 3.92. The molecular weight excluding hydrogens is 204 g/mol. The summed E-state index contributed by atoms with van der Waals surface area (Å²) >= 11 is 0. The van der Waals surface area contributed by atoms with Gasteiger partial charge in [-0.2, -0.15) is 0 Å². The second kappa shape index (κ2) is 5.86. The van der Waals surface area contributed by atoms with Gasteiger partial charge in [0.2, 0.25) is 0 Å². The molecule has 0 amide bonds. The fourth-order valence-electron chi connectivity index (χ4n) is 1.93. The Morgan fingerprint density at radius 3 is 1.65 bits per heavy atom. The number of benzene rings is 2. The molecule has 2 aromatic carbocycles. The van der Waals surface area contributed by atoms with E-state index >= 15 is 0 Å². The third kappa shape index (κ3) is 2.94. The minimum atomic E-state index is 0.301. The molecule has 0 saturated carbocycles. The summed E-state index contributed by atoms with van der Waals surface area (Å²) in [4.78, 5) is 0. The summed E-state index contributed by atoms with van der Waals surface area (Å²) in [6.45, 7) is 3.73. The number of allylic oxidation sites excluding steroid dienone is 3. The van der Waals surface area contributed by atoms with Crippen LogP contribution in [0.3, 0.4) is 0 Å². The Morgan fingerprint density at radius 2 is 1.24 bits per heavy atom. The smallest absolute Gasteiger partial charge is 0.0272 e. The molecule has 0 fully saturated rings. The van der Waals surface area contributed by atoms with Gasteiger partial charge in [0.05, 0.1) is 0 Å². The van der Waals surface area contributed by atoms with Crippen LogP contribution < -0.4 is 0 Å². The van der Waals surface area contributed by atoms with Crippen LogP contribution in [0.15, 0.2) is 85.5 Å². The highest BCUT2D eigenvalue weighted by molar-refractivity contribution is 5.37. The van der Waals surface area contributed by atoms with Crippen molar-refractivity contribution in [1.29, 1.82) is 0 Å². The Hall–Kier alpha value is -2.08. The van der Waals surface area contributed by atoms with Crippen molar-refractivity contribution in [1.82, 2.24) is 0 Å². The first-order valence-electron chi connectivity index (χ1n) is 5.81. The predicted octanol–water partition coefficient (Wildman–Crippen LogP) is 4.56. The molecule has 0 aliphatic carbocycles. The van der Waals surface area contributed by atoms with Gasteiger partial charge in [-0.1, -0.05) is 85.5 Å². The largest absolute Gasteiger partial charge is 0.0991 e. The maximum atomic E-state index is 3.73. The first-order valence-corrected chi connectivity index (χ1v) is 5.81. The lowest BCUT2D eigenvalue weighted by Gasteiger charge is -2.13. The SMILES string of the molecule is C=CC=CC(c1ccccc1)c1ccccc1. The van der Waals surface area contributed by atoms with Gasteiger partial charge in [-0.05, 0) is 11.1 Å². The topological polar surface area (TPSA) is 0 Å². The van der Waals surface area contributed by atoms with E-state index in [4.69, 9.17) is 0 Å². The highest BCUT2D eigenvalue weighted by Crippen LogP contribution is 2.25. The molecule has 0 spiro atoms. The van der Waals surface area contributed by atoms with Crippen LogP contribution in [0.1, 0.15) is 17.0 Å². The van der Waals surface area contributed by atoms with Crippen molar-refractivity contribution >= 4 is 0 Å². The van der Waals surface area contributed by atoms with Crippen LogP contribution in [0.2, 0.25) is 0 Å². The van der Waals surface area contributed by atoms with E-state index in [-0.39, 0.29) is 0 Å². The average molecular weight is 220 g/mol. The summed E-state index contributed by atoms with van der Waals surface area (Å²) in [5.74, 6) is 0.301. The van der Waals surface area contributed by atoms with Crippen LogP contribution in [0.4, 0.5) is 0 Å². The molecule has 2 rings (SSSR count). The van der Waals surface area contributed by atoms with Crippen LogP contribution in [0.25, 0.3) is 0 Å². The zero-order valence-electron chi connectivity index (χ0n) is 9.79. The normalized spacial score (nSPS) is 10.9. The molecule has 0 heterocycles. The van der Waals surface area contributed by atoms with Crippen molar-refractivity contribution < 1.29 is 0 Å². The van der Waals surface area contributed by atoms with Gasteiger partial charge < -0.3 is 0 Å². The Bertz CT molecular complexity index is 440. The van der Waals surface area contributed by atoms with E-state index in [9.17, 15) is 0 Å². The molecule has 0 saturated heterocycles. The Kier molecular flexibility index (Phi) is 3.93. The minimum absolute atomic E-state index is 0.301. The summed E-state index contributed by atoms with van der Waals surface area (Å²) in [6.07, 6.45) is 6.00. The third-order valence-corrected chi connectivity index (χ3v) is 2.76.